The van der Waals surface area contributed by atoms with E-state index in [0.29, 0.717) is 28.0 Å². The van der Waals surface area contributed by atoms with Gasteiger partial charge in [0.2, 0.25) is 11.0 Å². The van der Waals surface area contributed by atoms with E-state index in [1.54, 1.807) is 26.4 Å². The molecule has 10 heteroatoms. The molecule has 0 radical (unpaired) electrons. The molecule has 1 aromatic heterocycles. The van der Waals surface area contributed by atoms with Crippen LogP contribution in [0.15, 0.2) is 46.3 Å². The Kier molecular flexibility index (Phi) is 6.50. The monoisotopic (exact) mass is 433 g/mol. The Balaban J connectivity index is 1.75. The summed E-state index contributed by atoms with van der Waals surface area (Å²) < 4.78 is 11.5. The molecular weight excluding hydrogens is 414 g/mol. The molecule has 3 aromatic rings. The number of halogens is 1. The average molecular weight is 434 g/mol. The van der Waals surface area contributed by atoms with Gasteiger partial charge in [0.15, 0.2) is 11.5 Å². The molecule has 152 valence electrons. The first-order valence-electron chi connectivity index (χ1n) is 8.54. The summed E-state index contributed by atoms with van der Waals surface area (Å²) in [6.07, 6.45) is 0. The largest absolute Gasteiger partial charge is 0.493 e. The van der Waals surface area contributed by atoms with Crippen molar-refractivity contribution in [1.82, 2.24) is 14.9 Å². The predicted molar refractivity (Wildman–Crippen MR) is 115 cm³/mol. The van der Waals surface area contributed by atoms with Crippen LogP contribution >= 0.6 is 23.4 Å². The molecule has 1 heterocycles. The van der Waals surface area contributed by atoms with Gasteiger partial charge in [-0.15, -0.1) is 10.2 Å². The molecule has 0 aliphatic carbocycles. The van der Waals surface area contributed by atoms with Crippen molar-refractivity contribution in [3.05, 3.63) is 62.9 Å². The first-order valence-corrected chi connectivity index (χ1v) is 9.91. The molecule has 3 rings (SSSR count). The Hall–Kier alpha value is -2.91. The minimum atomic E-state index is -0.494. The van der Waals surface area contributed by atoms with E-state index in [1.807, 2.05) is 31.2 Å². The van der Waals surface area contributed by atoms with Crippen LogP contribution < -0.4 is 26.2 Å². The number of nitrogens with zero attached hydrogens (tertiary/aromatic N) is 3. The van der Waals surface area contributed by atoms with Gasteiger partial charge in [0.1, 0.15) is 0 Å². The van der Waals surface area contributed by atoms with Crippen molar-refractivity contribution in [2.75, 3.05) is 25.4 Å². The number of aryl methyl sites for hydroxylation is 1. The van der Waals surface area contributed by atoms with E-state index in [4.69, 9.17) is 26.9 Å². The number of rotatable bonds is 7. The van der Waals surface area contributed by atoms with Gasteiger partial charge in [-0.25, -0.2) is 0 Å². The van der Waals surface area contributed by atoms with Crippen molar-refractivity contribution in [2.24, 2.45) is 0 Å². The van der Waals surface area contributed by atoms with Crippen molar-refractivity contribution >= 4 is 34.9 Å². The van der Waals surface area contributed by atoms with Gasteiger partial charge in [0.25, 0.3) is 0 Å². The lowest BCUT2D eigenvalue weighted by Gasteiger charge is -2.11. The van der Waals surface area contributed by atoms with Gasteiger partial charge in [-0.1, -0.05) is 35.5 Å². The minimum absolute atomic E-state index is 0.0166. The lowest BCUT2D eigenvalue weighted by atomic mass is 10.2. The standard InChI is InChI=1S/C19H20ClN5O3S/c1-11-4-6-13(9-14(11)20)22-17-18(26)25(21)19(24-23-17)29-10-12-5-7-15(27-2)16(8-12)28-3/h4-9H,10,21H2,1-3H3,(H,22,23). The summed E-state index contributed by atoms with van der Waals surface area (Å²) in [4.78, 5) is 12.5. The number of aromatic nitrogens is 3. The molecule has 0 fully saturated rings. The fraction of sp³-hybridized carbons (Fsp3) is 0.211. The number of ether oxygens (including phenoxy) is 2. The molecule has 3 N–H and O–H groups in total. The third-order valence-corrected chi connectivity index (χ3v) is 5.53. The second kappa shape index (κ2) is 9.06. The number of hydrogen-bond acceptors (Lipinski definition) is 8. The van der Waals surface area contributed by atoms with Gasteiger partial charge in [0, 0.05) is 16.5 Å². The van der Waals surface area contributed by atoms with E-state index in [9.17, 15) is 4.79 Å². The number of methoxy groups -OCH3 is 2. The average Bonchev–Trinajstić information content (AvgIpc) is 2.73. The predicted octanol–water partition coefficient (Wildman–Crippen LogP) is 3.37. The van der Waals surface area contributed by atoms with E-state index >= 15 is 0 Å². The highest BCUT2D eigenvalue weighted by molar-refractivity contribution is 7.98. The molecule has 0 aliphatic heterocycles. The number of benzene rings is 2. The molecule has 0 saturated carbocycles. The highest BCUT2D eigenvalue weighted by atomic mass is 35.5. The van der Waals surface area contributed by atoms with Gasteiger partial charge < -0.3 is 20.6 Å². The number of hydrogen-bond donors (Lipinski definition) is 2. The zero-order chi connectivity index (χ0) is 21.0. The summed E-state index contributed by atoms with van der Waals surface area (Å²) >= 11 is 7.40. The summed E-state index contributed by atoms with van der Waals surface area (Å²) in [6, 6.07) is 10.9. The number of anilines is 2. The maximum absolute atomic E-state index is 12.5. The van der Waals surface area contributed by atoms with Gasteiger partial charge >= 0.3 is 5.56 Å². The van der Waals surface area contributed by atoms with Crippen molar-refractivity contribution < 1.29 is 9.47 Å². The molecular formula is C19H20ClN5O3S. The molecule has 0 unspecified atom stereocenters. The van der Waals surface area contributed by atoms with Crippen LogP contribution in [-0.2, 0) is 5.75 Å². The zero-order valence-corrected chi connectivity index (χ0v) is 17.7. The van der Waals surface area contributed by atoms with Crippen LogP contribution in [0.4, 0.5) is 11.5 Å². The van der Waals surface area contributed by atoms with Crippen LogP contribution in [-0.4, -0.2) is 29.1 Å². The third kappa shape index (κ3) is 4.75. The highest BCUT2D eigenvalue weighted by Crippen LogP contribution is 2.30. The second-order valence-electron chi connectivity index (χ2n) is 6.07. The Bertz CT molecular complexity index is 1090. The Morgan fingerprint density at radius 2 is 1.90 bits per heavy atom. The normalized spacial score (nSPS) is 10.6. The number of nitrogens with two attached hydrogens (primary N) is 1. The molecule has 29 heavy (non-hydrogen) atoms. The van der Waals surface area contributed by atoms with Crippen LogP contribution in [0.25, 0.3) is 0 Å². The second-order valence-corrected chi connectivity index (χ2v) is 7.42. The number of nitrogen functional groups attached to an aromatic ring is 1. The van der Waals surface area contributed by atoms with Crippen LogP contribution in [0.2, 0.25) is 5.02 Å². The Morgan fingerprint density at radius 3 is 2.59 bits per heavy atom. The van der Waals surface area contributed by atoms with E-state index in [-0.39, 0.29) is 11.0 Å². The van der Waals surface area contributed by atoms with Crippen molar-refractivity contribution in [3.8, 4) is 11.5 Å². The van der Waals surface area contributed by atoms with E-state index < -0.39 is 5.56 Å². The summed E-state index contributed by atoms with van der Waals surface area (Å²) in [5.74, 6) is 7.73. The summed E-state index contributed by atoms with van der Waals surface area (Å²) in [5.41, 5.74) is 2.02. The maximum Gasteiger partial charge on any atom is 0.315 e. The summed E-state index contributed by atoms with van der Waals surface area (Å²) in [6.45, 7) is 1.89. The molecule has 0 bridgehead atoms. The maximum atomic E-state index is 12.5. The minimum Gasteiger partial charge on any atom is -0.493 e. The number of nitrogens with one attached hydrogen (secondary N) is 1. The number of thioether (sulfide) groups is 1. The highest BCUT2D eigenvalue weighted by Gasteiger charge is 2.12. The van der Waals surface area contributed by atoms with Gasteiger partial charge in [-0.05, 0) is 42.3 Å². The van der Waals surface area contributed by atoms with Crippen LogP contribution in [0, 0.1) is 6.92 Å². The zero-order valence-electron chi connectivity index (χ0n) is 16.1. The van der Waals surface area contributed by atoms with Gasteiger partial charge in [-0.2, -0.15) is 4.68 Å². The Labute approximate surface area is 177 Å². The van der Waals surface area contributed by atoms with E-state index in [0.717, 1.165) is 15.8 Å². The fourth-order valence-electron chi connectivity index (χ4n) is 2.49. The quantitative estimate of drug-likeness (QED) is 0.431. The molecule has 0 aliphatic rings. The van der Waals surface area contributed by atoms with Crippen molar-refractivity contribution in [1.29, 1.82) is 0 Å². The topological polar surface area (TPSA) is 104 Å². The van der Waals surface area contributed by atoms with Crippen molar-refractivity contribution in [3.63, 3.8) is 0 Å². The van der Waals surface area contributed by atoms with Crippen LogP contribution in [0.3, 0.4) is 0 Å². The van der Waals surface area contributed by atoms with Crippen molar-refractivity contribution in [2.45, 2.75) is 17.8 Å². The van der Waals surface area contributed by atoms with Gasteiger partial charge in [-0.3, -0.25) is 4.79 Å². The molecule has 2 aromatic carbocycles. The molecule has 0 spiro atoms. The smallest absolute Gasteiger partial charge is 0.315 e. The lowest BCUT2D eigenvalue weighted by molar-refractivity contribution is 0.354. The summed E-state index contributed by atoms with van der Waals surface area (Å²) in [7, 11) is 3.15. The van der Waals surface area contributed by atoms with E-state index in [2.05, 4.69) is 15.5 Å². The van der Waals surface area contributed by atoms with Crippen LogP contribution in [0.5, 0.6) is 11.5 Å². The molecule has 8 nitrogen and oxygen atoms in total. The molecule has 0 atom stereocenters. The fourth-order valence-corrected chi connectivity index (χ4v) is 3.46. The lowest BCUT2D eigenvalue weighted by Crippen LogP contribution is -2.32. The molecule has 0 amide bonds. The Morgan fingerprint density at radius 1 is 1.14 bits per heavy atom. The SMILES string of the molecule is COc1ccc(CSc2nnc(Nc3ccc(C)c(Cl)c3)c(=O)n2N)cc1OC. The first kappa shape index (κ1) is 20.8. The molecule has 0 saturated heterocycles. The first-order chi connectivity index (χ1) is 13.9. The van der Waals surface area contributed by atoms with Crippen LogP contribution in [0.1, 0.15) is 11.1 Å². The van der Waals surface area contributed by atoms with E-state index in [1.165, 1.54) is 11.8 Å². The van der Waals surface area contributed by atoms with Gasteiger partial charge in [0.05, 0.1) is 14.2 Å². The third-order valence-electron chi connectivity index (χ3n) is 4.11. The summed E-state index contributed by atoms with van der Waals surface area (Å²) in [5, 5.41) is 11.8.